The molecule has 0 spiro atoms. The van der Waals surface area contributed by atoms with Crippen molar-refractivity contribution < 1.29 is 27.6 Å². The maximum Gasteiger partial charge on any atom is 0.143 e. The Bertz CT molecular complexity index is 853. The van der Waals surface area contributed by atoms with Crippen LogP contribution in [0.5, 0.6) is 11.5 Å². The van der Waals surface area contributed by atoms with Crippen molar-refractivity contribution in [2.24, 2.45) is 10.2 Å². The van der Waals surface area contributed by atoms with Crippen LogP contribution in [0.25, 0.3) is 10.8 Å². The molecule has 2 N–H and O–H groups in total. The Labute approximate surface area is 142 Å². The van der Waals surface area contributed by atoms with Gasteiger partial charge in [0, 0.05) is 27.8 Å². The number of rotatable bonds is 2. The molecule has 0 heterocycles. The van der Waals surface area contributed by atoms with Crippen LogP contribution in [-0.2, 0) is 17.4 Å². The van der Waals surface area contributed by atoms with Gasteiger partial charge in [0.2, 0.25) is 0 Å². The van der Waals surface area contributed by atoms with Crippen LogP contribution in [-0.4, -0.2) is 10.2 Å². The Hall–Kier alpha value is -2.06. The number of azo groups is 1. The van der Waals surface area contributed by atoms with Crippen LogP contribution in [0.3, 0.4) is 0 Å². The number of nitrogens with zero attached hydrogens (tertiary/aromatic N) is 2. The number of benzene rings is 3. The van der Waals surface area contributed by atoms with E-state index in [2.05, 4.69) is 10.2 Å². The van der Waals surface area contributed by atoms with Crippen LogP contribution < -0.4 is 0 Å². The van der Waals surface area contributed by atoms with E-state index in [1.807, 2.05) is 24.3 Å². The van der Waals surface area contributed by atoms with Crippen molar-refractivity contribution in [1.82, 2.24) is 0 Å². The number of hydrogen-bond acceptors (Lipinski definition) is 4. The molecule has 3 aromatic carbocycles. The third kappa shape index (κ3) is 3.23. The van der Waals surface area contributed by atoms with Gasteiger partial charge in [-0.05, 0) is 29.7 Å². The second-order valence-corrected chi connectivity index (χ2v) is 4.92. The molecular formula is C16H11ClCrN2O2. The van der Waals surface area contributed by atoms with Crippen molar-refractivity contribution in [3.63, 3.8) is 0 Å². The van der Waals surface area contributed by atoms with Crippen molar-refractivity contribution in [2.75, 3.05) is 0 Å². The minimum atomic E-state index is -0.0251. The molecule has 0 bridgehead atoms. The number of aromatic hydroxyl groups is 2. The first-order valence-electron chi connectivity index (χ1n) is 6.26. The van der Waals surface area contributed by atoms with Gasteiger partial charge in [-0.2, -0.15) is 0 Å². The smallest absolute Gasteiger partial charge is 0.143 e. The minimum absolute atomic E-state index is 0. The molecule has 4 nitrogen and oxygen atoms in total. The molecule has 0 saturated heterocycles. The first kappa shape index (κ1) is 16.3. The molecule has 0 aliphatic rings. The first-order chi connectivity index (χ1) is 10.1. The van der Waals surface area contributed by atoms with Gasteiger partial charge in [-0.3, -0.25) is 0 Å². The second kappa shape index (κ2) is 6.80. The summed E-state index contributed by atoms with van der Waals surface area (Å²) in [5, 5.41) is 29.9. The number of phenolic OH excluding ortho intramolecular Hbond substituents is 2. The summed E-state index contributed by atoms with van der Waals surface area (Å²) in [5.41, 5.74) is 0.599. The summed E-state index contributed by atoms with van der Waals surface area (Å²) >= 11 is 5.86. The zero-order valence-corrected chi connectivity index (χ0v) is 13.3. The number of phenols is 2. The van der Waals surface area contributed by atoms with Gasteiger partial charge in [-0.1, -0.05) is 41.9 Å². The maximum absolute atomic E-state index is 9.97. The van der Waals surface area contributed by atoms with E-state index >= 15 is 0 Å². The van der Waals surface area contributed by atoms with E-state index in [1.54, 1.807) is 18.2 Å². The van der Waals surface area contributed by atoms with E-state index in [4.69, 9.17) is 11.6 Å². The van der Waals surface area contributed by atoms with Crippen LogP contribution in [0.4, 0.5) is 11.4 Å². The molecule has 0 unspecified atom stereocenters. The summed E-state index contributed by atoms with van der Waals surface area (Å²) < 4.78 is 0. The average Bonchev–Trinajstić information content (AvgIpc) is 2.49. The Kier molecular flexibility index (Phi) is 5.04. The number of halogens is 1. The van der Waals surface area contributed by atoms with Crippen molar-refractivity contribution in [3.8, 4) is 11.5 Å². The van der Waals surface area contributed by atoms with Gasteiger partial charge in [0.25, 0.3) is 0 Å². The molecule has 22 heavy (non-hydrogen) atoms. The molecule has 0 aliphatic carbocycles. The third-order valence-electron chi connectivity index (χ3n) is 3.07. The average molecular weight is 351 g/mol. The van der Waals surface area contributed by atoms with Gasteiger partial charge in [0.05, 0.1) is 0 Å². The van der Waals surface area contributed by atoms with Crippen LogP contribution in [0.2, 0.25) is 5.02 Å². The van der Waals surface area contributed by atoms with Crippen LogP contribution >= 0.6 is 11.6 Å². The predicted molar refractivity (Wildman–Crippen MR) is 82.9 cm³/mol. The van der Waals surface area contributed by atoms with E-state index in [-0.39, 0.29) is 34.5 Å². The molecule has 0 amide bonds. The van der Waals surface area contributed by atoms with Gasteiger partial charge in [-0.25, -0.2) is 0 Å². The Morgan fingerprint density at radius 3 is 2.36 bits per heavy atom. The summed E-state index contributed by atoms with van der Waals surface area (Å²) in [6.45, 7) is 0. The normalized spacial score (nSPS) is 10.8. The SMILES string of the molecule is Oc1ccc(Cl)cc1N=Nc1c(O)ccc2ccccc12.[Cr]. The summed E-state index contributed by atoms with van der Waals surface area (Å²) in [5.74, 6) is 0.00171. The third-order valence-corrected chi connectivity index (χ3v) is 3.31. The number of fused-ring (bicyclic) bond motifs is 1. The fourth-order valence-electron chi connectivity index (χ4n) is 2.03. The quantitative estimate of drug-likeness (QED) is 0.614. The first-order valence-corrected chi connectivity index (χ1v) is 6.64. The molecule has 0 radical (unpaired) electrons. The molecule has 0 aliphatic heterocycles. The molecule has 0 aromatic heterocycles. The van der Waals surface area contributed by atoms with Crippen molar-refractivity contribution in [3.05, 3.63) is 59.6 Å². The van der Waals surface area contributed by atoms with Crippen LogP contribution in [0, 0.1) is 0 Å². The van der Waals surface area contributed by atoms with E-state index in [9.17, 15) is 10.2 Å². The zero-order valence-electron chi connectivity index (χ0n) is 11.3. The zero-order chi connectivity index (χ0) is 14.8. The molecule has 3 aromatic rings. The summed E-state index contributed by atoms with van der Waals surface area (Å²) in [6.07, 6.45) is 0. The monoisotopic (exact) mass is 350 g/mol. The Balaban J connectivity index is 0.00000176. The standard InChI is InChI=1S/C16H11ClN2O2.Cr/c17-11-6-8-14(20)13(9-11)18-19-16-12-4-2-1-3-10(12)5-7-15(16)21;/h1-9,20-21H;. The van der Waals surface area contributed by atoms with E-state index in [0.717, 1.165) is 10.8 Å². The van der Waals surface area contributed by atoms with Gasteiger partial charge in [0.15, 0.2) is 0 Å². The van der Waals surface area contributed by atoms with E-state index in [0.29, 0.717) is 10.7 Å². The van der Waals surface area contributed by atoms with E-state index in [1.165, 1.54) is 12.1 Å². The fraction of sp³-hybridized carbons (Fsp3) is 0. The van der Waals surface area contributed by atoms with Gasteiger partial charge in [0.1, 0.15) is 22.9 Å². The summed E-state index contributed by atoms with van der Waals surface area (Å²) in [6, 6.07) is 15.4. The van der Waals surface area contributed by atoms with Crippen molar-refractivity contribution in [1.29, 1.82) is 0 Å². The maximum atomic E-state index is 9.97. The molecule has 110 valence electrons. The van der Waals surface area contributed by atoms with Crippen molar-refractivity contribution >= 4 is 33.7 Å². The molecule has 6 heteroatoms. The van der Waals surface area contributed by atoms with Crippen molar-refractivity contribution in [2.45, 2.75) is 0 Å². The fourth-order valence-corrected chi connectivity index (χ4v) is 2.20. The van der Waals surface area contributed by atoms with E-state index < -0.39 is 0 Å². The summed E-state index contributed by atoms with van der Waals surface area (Å²) in [4.78, 5) is 0. The van der Waals surface area contributed by atoms with Gasteiger partial charge >= 0.3 is 0 Å². The predicted octanol–water partition coefficient (Wildman–Crippen LogP) is 5.32. The molecule has 0 atom stereocenters. The molecule has 0 fully saturated rings. The van der Waals surface area contributed by atoms with Crippen LogP contribution in [0.15, 0.2) is 64.8 Å². The topological polar surface area (TPSA) is 65.2 Å². The largest absolute Gasteiger partial charge is 0.506 e. The van der Waals surface area contributed by atoms with Crippen LogP contribution in [0.1, 0.15) is 0 Å². The Morgan fingerprint density at radius 2 is 1.55 bits per heavy atom. The Morgan fingerprint density at radius 1 is 0.818 bits per heavy atom. The minimum Gasteiger partial charge on any atom is -0.506 e. The van der Waals surface area contributed by atoms with Gasteiger partial charge < -0.3 is 10.2 Å². The molecule has 0 saturated carbocycles. The molecule has 3 rings (SSSR count). The summed E-state index contributed by atoms with van der Waals surface area (Å²) in [7, 11) is 0. The van der Waals surface area contributed by atoms with Gasteiger partial charge in [-0.15, -0.1) is 10.2 Å². The molecular weight excluding hydrogens is 340 g/mol. The number of hydrogen-bond donors (Lipinski definition) is 2. The second-order valence-electron chi connectivity index (χ2n) is 4.49.